The highest BCUT2D eigenvalue weighted by atomic mass is 32.2. The Morgan fingerprint density at radius 3 is 2.52 bits per heavy atom. The molecule has 0 radical (unpaired) electrons. The first-order valence-electron chi connectivity index (χ1n) is 10.8. The Bertz CT molecular complexity index is 790. The highest BCUT2D eigenvalue weighted by molar-refractivity contribution is 7.89. The van der Waals surface area contributed by atoms with Gasteiger partial charge in [-0.15, -0.1) is 0 Å². The van der Waals surface area contributed by atoms with Crippen molar-refractivity contribution >= 4 is 15.9 Å². The summed E-state index contributed by atoms with van der Waals surface area (Å²) >= 11 is 0. The van der Waals surface area contributed by atoms with Crippen molar-refractivity contribution in [1.82, 2.24) is 9.21 Å². The van der Waals surface area contributed by atoms with Crippen molar-refractivity contribution in [3.05, 3.63) is 29.8 Å². The summed E-state index contributed by atoms with van der Waals surface area (Å²) in [4.78, 5) is 15.5. The van der Waals surface area contributed by atoms with E-state index in [1.54, 1.807) is 7.11 Å². The first kappa shape index (κ1) is 22.1. The Balaban J connectivity index is 1.75. The Hall–Kier alpha value is -1.60. The van der Waals surface area contributed by atoms with E-state index in [0.29, 0.717) is 32.0 Å². The molecule has 1 aliphatic carbocycles. The summed E-state index contributed by atoms with van der Waals surface area (Å²) in [6, 6.07) is 8.00. The minimum Gasteiger partial charge on any atom is -0.497 e. The Morgan fingerprint density at radius 1 is 1.24 bits per heavy atom. The summed E-state index contributed by atoms with van der Waals surface area (Å²) in [5, 5.41) is 0. The van der Waals surface area contributed by atoms with Gasteiger partial charge in [0, 0.05) is 25.7 Å². The number of nitrogens with zero attached hydrogens (tertiary/aromatic N) is 2. The van der Waals surface area contributed by atoms with Crippen molar-refractivity contribution in [3.63, 3.8) is 0 Å². The first-order valence-corrected chi connectivity index (χ1v) is 12.4. The maximum absolute atomic E-state index is 13.5. The van der Waals surface area contributed by atoms with Crippen LogP contribution in [0.2, 0.25) is 0 Å². The SMILES string of the molecule is CCCS(=O)(=O)N1CCCC(C(=O)N(Cc2ccc(OC)cc2)C(C)C2CC2)C1. The molecule has 2 fully saturated rings. The molecule has 2 aliphatic rings. The highest BCUT2D eigenvalue weighted by Gasteiger charge is 2.39. The molecule has 1 heterocycles. The molecule has 6 nitrogen and oxygen atoms in total. The minimum atomic E-state index is -3.27. The number of amides is 1. The lowest BCUT2D eigenvalue weighted by Crippen LogP contribution is -2.49. The molecule has 1 aromatic carbocycles. The van der Waals surface area contributed by atoms with Crippen LogP contribution in [0.4, 0.5) is 0 Å². The molecule has 1 aliphatic heterocycles. The van der Waals surface area contributed by atoms with Crippen molar-refractivity contribution < 1.29 is 17.9 Å². The lowest BCUT2D eigenvalue weighted by Gasteiger charge is -2.37. The van der Waals surface area contributed by atoms with Crippen LogP contribution < -0.4 is 4.74 Å². The van der Waals surface area contributed by atoms with Crippen molar-refractivity contribution in [1.29, 1.82) is 0 Å². The van der Waals surface area contributed by atoms with Crippen LogP contribution >= 0.6 is 0 Å². The predicted molar refractivity (Wildman–Crippen MR) is 114 cm³/mol. The molecule has 0 spiro atoms. The molecule has 1 saturated heterocycles. The van der Waals surface area contributed by atoms with Gasteiger partial charge in [0.25, 0.3) is 0 Å². The van der Waals surface area contributed by atoms with Gasteiger partial charge in [-0.3, -0.25) is 4.79 Å². The fraction of sp³-hybridized carbons (Fsp3) is 0.682. The van der Waals surface area contributed by atoms with Gasteiger partial charge < -0.3 is 9.64 Å². The van der Waals surface area contributed by atoms with Crippen molar-refractivity contribution in [3.8, 4) is 5.75 Å². The third-order valence-electron chi connectivity index (χ3n) is 6.18. The normalized spacial score (nSPS) is 21.6. The molecule has 2 unspecified atom stereocenters. The van der Waals surface area contributed by atoms with Crippen LogP contribution in [0, 0.1) is 11.8 Å². The quantitative estimate of drug-likeness (QED) is 0.613. The molecule has 1 aromatic rings. The first-order chi connectivity index (χ1) is 13.9. The second kappa shape index (κ2) is 9.47. The fourth-order valence-electron chi connectivity index (χ4n) is 4.20. The number of sulfonamides is 1. The van der Waals surface area contributed by atoms with Crippen LogP contribution in [0.5, 0.6) is 5.75 Å². The number of benzene rings is 1. The van der Waals surface area contributed by atoms with Crippen LogP contribution in [0.1, 0.15) is 51.5 Å². The lowest BCUT2D eigenvalue weighted by molar-refractivity contribution is -0.140. The molecule has 162 valence electrons. The second-order valence-corrected chi connectivity index (χ2v) is 10.5. The van der Waals surface area contributed by atoms with E-state index in [4.69, 9.17) is 4.74 Å². The minimum absolute atomic E-state index is 0.0941. The number of carbonyl (C=O) groups excluding carboxylic acids is 1. The lowest BCUT2D eigenvalue weighted by atomic mass is 9.96. The number of ether oxygens (including phenoxy) is 1. The van der Waals surface area contributed by atoms with Crippen LogP contribution in [-0.4, -0.2) is 55.5 Å². The summed E-state index contributed by atoms with van der Waals surface area (Å²) in [6.45, 7) is 5.41. The molecule has 0 aromatic heterocycles. The van der Waals surface area contributed by atoms with Gasteiger partial charge in [-0.1, -0.05) is 19.1 Å². The average Bonchev–Trinajstić information content (AvgIpc) is 3.57. The molecule has 1 saturated carbocycles. The molecular formula is C22H34N2O4S. The molecule has 29 heavy (non-hydrogen) atoms. The third-order valence-corrected chi connectivity index (χ3v) is 8.22. The zero-order valence-electron chi connectivity index (χ0n) is 17.8. The topological polar surface area (TPSA) is 66.9 Å². The van der Waals surface area contributed by atoms with E-state index in [1.807, 2.05) is 36.1 Å². The van der Waals surface area contributed by atoms with E-state index in [0.717, 1.165) is 37.0 Å². The molecule has 0 bridgehead atoms. The van der Waals surface area contributed by atoms with Gasteiger partial charge in [-0.05, 0) is 62.6 Å². The molecule has 7 heteroatoms. The number of hydrogen-bond acceptors (Lipinski definition) is 4. The number of piperidine rings is 1. The van der Waals surface area contributed by atoms with E-state index in [9.17, 15) is 13.2 Å². The smallest absolute Gasteiger partial charge is 0.227 e. The van der Waals surface area contributed by atoms with Gasteiger partial charge in [0.2, 0.25) is 15.9 Å². The second-order valence-electron chi connectivity index (χ2n) is 8.41. The van der Waals surface area contributed by atoms with Crippen molar-refractivity contribution in [2.24, 2.45) is 11.8 Å². The molecule has 2 atom stereocenters. The predicted octanol–water partition coefficient (Wildman–Crippen LogP) is 3.27. The van der Waals surface area contributed by atoms with E-state index in [2.05, 4.69) is 6.92 Å². The van der Waals surface area contributed by atoms with E-state index >= 15 is 0 Å². The maximum atomic E-state index is 13.5. The number of methoxy groups -OCH3 is 1. The van der Waals surface area contributed by atoms with Gasteiger partial charge in [0.15, 0.2) is 0 Å². The third kappa shape index (κ3) is 5.51. The summed E-state index contributed by atoms with van der Waals surface area (Å²) in [7, 11) is -1.63. The van der Waals surface area contributed by atoms with Crippen LogP contribution in [0.15, 0.2) is 24.3 Å². The summed E-state index contributed by atoms with van der Waals surface area (Å²) in [5.74, 6) is 1.35. The van der Waals surface area contributed by atoms with Gasteiger partial charge in [0.1, 0.15) is 5.75 Å². The van der Waals surface area contributed by atoms with E-state index < -0.39 is 10.0 Å². The van der Waals surface area contributed by atoms with Gasteiger partial charge in [-0.2, -0.15) is 0 Å². The highest BCUT2D eigenvalue weighted by Crippen LogP contribution is 2.37. The number of hydrogen-bond donors (Lipinski definition) is 0. The zero-order valence-corrected chi connectivity index (χ0v) is 18.7. The number of rotatable bonds is 9. The fourth-order valence-corrected chi connectivity index (χ4v) is 5.79. The van der Waals surface area contributed by atoms with Crippen LogP contribution in [-0.2, 0) is 21.4 Å². The van der Waals surface area contributed by atoms with E-state index in [1.165, 1.54) is 4.31 Å². The molecular weight excluding hydrogens is 388 g/mol. The summed E-state index contributed by atoms with van der Waals surface area (Å²) < 4.78 is 31.8. The van der Waals surface area contributed by atoms with E-state index in [-0.39, 0.29) is 23.6 Å². The average molecular weight is 423 g/mol. The standard InChI is InChI=1S/C22H34N2O4S/c1-4-14-29(26,27)23-13-5-6-20(16-23)22(25)24(17(2)19-9-10-19)15-18-7-11-21(28-3)12-8-18/h7-8,11-12,17,19-20H,4-6,9-10,13-16H2,1-3H3. The summed E-state index contributed by atoms with van der Waals surface area (Å²) in [6.07, 6.45) is 4.42. The Labute approximate surface area is 175 Å². The number of carbonyl (C=O) groups is 1. The Morgan fingerprint density at radius 2 is 1.93 bits per heavy atom. The summed E-state index contributed by atoms with van der Waals surface area (Å²) in [5.41, 5.74) is 1.07. The molecule has 0 N–H and O–H groups in total. The van der Waals surface area contributed by atoms with Gasteiger partial charge in [0.05, 0.1) is 18.8 Å². The maximum Gasteiger partial charge on any atom is 0.227 e. The van der Waals surface area contributed by atoms with Crippen molar-refractivity contribution in [2.45, 2.75) is 58.5 Å². The van der Waals surface area contributed by atoms with Crippen LogP contribution in [0.3, 0.4) is 0 Å². The van der Waals surface area contributed by atoms with Crippen molar-refractivity contribution in [2.75, 3.05) is 26.0 Å². The largest absolute Gasteiger partial charge is 0.497 e. The van der Waals surface area contributed by atoms with Crippen LogP contribution in [0.25, 0.3) is 0 Å². The van der Waals surface area contributed by atoms with Gasteiger partial charge >= 0.3 is 0 Å². The molecule has 3 rings (SSSR count). The Kier molecular flexibility index (Phi) is 7.22. The zero-order chi connectivity index (χ0) is 21.0. The monoisotopic (exact) mass is 422 g/mol. The molecule has 1 amide bonds. The van der Waals surface area contributed by atoms with Gasteiger partial charge in [-0.25, -0.2) is 12.7 Å².